The predicted octanol–water partition coefficient (Wildman–Crippen LogP) is 5.39. The fourth-order valence-electron chi connectivity index (χ4n) is 4.11. The number of hydrogen-bond acceptors (Lipinski definition) is 3. The number of ketones is 1. The maximum Gasteiger partial charge on any atom is 0.159 e. The van der Waals surface area contributed by atoms with E-state index in [1.807, 2.05) is 12.1 Å². The maximum absolute atomic E-state index is 11.5. The number of hydrogen-bond donors (Lipinski definition) is 1. The summed E-state index contributed by atoms with van der Waals surface area (Å²) in [5.74, 6) is 0.117. The molecule has 3 nitrogen and oxygen atoms in total. The molecule has 0 saturated carbocycles. The van der Waals surface area contributed by atoms with Gasteiger partial charge in [0.1, 0.15) is 0 Å². The number of rotatable bonds is 5. The number of halogens is 1. The van der Waals surface area contributed by atoms with Crippen molar-refractivity contribution in [2.24, 2.45) is 0 Å². The fourth-order valence-corrected chi connectivity index (χ4v) is 4.11. The highest BCUT2D eigenvalue weighted by atomic mass is 35.5. The normalized spacial score (nSPS) is 17.4. The Hall–Kier alpha value is -2.36. The van der Waals surface area contributed by atoms with Crippen LogP contribution in [0.25, 0.3) is 10.8 Å². The minimum atomic E-state index is 0. The van der Waals surface area contributed by atoms with E-state index in [-0.39, 0.29) is 18.2 Å². The summed E-state index contributed by atoms with van der Waals surface area (Å²) in [5, 5.41) is 6.44. The van der Waals surface area contributed by atoms with Crippen molar-refractivity contribution in [2.75, 3.05) is 18.0 Å². The lowest BCUT2D eigenvalue weighted by molar-refractivity contribution is 0.101. The third kappa shape index (κ3) is 4.21. The summed E-state index contributed by atoms with van der Waals surface area (Å²) in [4.78, 5) is 13.9. The van der Waals surface area contributed by atoms with Crippen LogP contribution in [-0.4, -0.2) is 24.9 Å². The van der Waals surface area contributed by atoms with Crippen LogP contribution in [0.3, 0.4) is 0 Å². The van der Waals surface area contributed by atoms with Crippen LogP contribution < -0.4 is 10.2 Å². The Labute approximate surface area is 173 Å². The second-order valence-corrected chi connectivity index (χ2v) is 7.49. The first-order valence-electron chi connectivity index (χ1n) is 9.71. The van der Waals surface area contributed by atoms with Crippen LogP contribution in [0.4, 0.5) is 5.69 Å². The third-order valence-corrected chi connectivity index (χ3v) is 5.60. The Kier molecular flexibility index (Phi) is 6.38. The molecule has 28 heavy (non-hydrogen) atoms. The molecule has 0 amide bonds. The molecule has 1 saturated heterocycles. The molecule has 1 heterocycles. The number of carbonyl (C=O) groups is 1. The van der Waals surface area contributed by atoms with Gasteiger partial charge in [0, 0.05) is 36.4 Å². The molecule has 0 spiro atoms. The first-order chi connectivity index (χ1) is 13.1. The Balaban J connectivity index is 0.00000225. The predicted molar refractivity (Wildman–Crippen MR) is 120 cm³/mol. The summed E-state index contributed by atoms with van der Waals surface area (Å²) in [5.41, 5.74) is 3.33. The van der Waals surface area contributed by atoms with Crippen molar-refractivity contribution in [3.8, 4) is 0 Å². The molecule has 146 valence electrons. The molecule has 0 aliphatic carbocycles. The smallest absolute Gasteiger partial charge is 0.159 e. The average molecular weight is 395 g/mol. The topological polar surface area (TPSA) is 32.3 Å². The largest absolute Gasteiger partial charge is 0.370 e. The van der Waals surface area contributed by atoms with Crippen molar-refractivity contribution in [2.45, 2.75) is 32.4 Å². The Bertz CT molecular complexity index is 949. The zero-order valence-corrected chi connectivity index (χ0v) is 17.2. The van der Waals surface area contributed by atoms with Gasteiger partial charge in [-0.3, -0.25) is 4.79 Å². The van der Waals surface area contributed by atoms with Crippen LogP contribution in [0, 0.1) is 0 Å². The van der Waals surface area contributed by atoms with Gasteiger partial charge in [-0.2, -0.15) is 0 Å². The number of fused-ring (bicyclic) bond motifs is 1. The van der Waals surface area contributed by atoms with Crippen LogP contribution in [-0.2, 0) is 0 Å². The van der Waals surface area contributed by atoms with Crippen molar-refractivity contribution < 1.29 is 4.79 Å². The van der Waals surface area contributed by atoms with E-state index >= 15 is 0 Å². The molecule has 0 aromatic heterocycles. The minimum Gasteiger partial charge on any atom is -0.370 e. The quantitative estimate of drug-likeness (QED) is 0.588. The van der Waals surface area contributed by atoms with Gasteiger partial charge in [-0.15, -0.1) is 12.4 Å². The molecule has 1 unspecified atom stereocenters. The number of carbonyl (C=O) groups excluding carboxylic acids is 1. The van der Waals surface area contributed by atoms with E-state index in [1.165, 1.54) is 22.0 Å². The Morgan fingerprint density at radius 1 is 1.04 bits per heavy atom. The lowest BCUT2D eigenvalue weighted by Crippen LogP contribution is -2.34. The van der Waals surface area contributed by atoms with E-state index in [0.717, 1.165) is 25.1 Å². The zero-order chi connectivity index (χ0) is 18.8. The lowest BCUT2D eigenvalue weighted by Gasteiger charge is -2.23. The SMILES string of the molecule is CC(=O)c1ccc(N2CCC(N[C@H](C)c3cccc4ccccc34)C2)cc1.Cl. The van der Waals surface area contributed by atoms with Crippen molar-refractivity contribution >= 4 is 34.7 Å². The molecule has 4 heteroatoms. The Morgan fingerprint density at radius 2 is 1.75 bits per heavy atom. The second kappa shape index (κ2) is 8.76. The van der Waals surface area contributed by atoms with Crippen molar-refractivity contribution in [3.63, 3.8) is 0 Å². The molecule has 1 fully saturated rings. The van der Waals surface area contributed by atoms with Crippen molar-refractivity contribution in [1.29, 1.82) is 0 Å². The van der Waals surface area contributed by atoms with Gasteiger partial charge in [-0.05, 0) is 60.9 Å². The van der Waals surface area contributed by atoms with E-state index in [0.29, 0.717) is 12.1 Å². The van der Waals surface area contributed by atoms with Gasteiger partial charge in [-0.25, -0.2) is 0 Å². The average Bonchev–Trinajstić information content (AvgIpc) is 3.16. The van der Waals surface area contributed by atoms with Gasteiger partial charge in [0.2, 0.25) is 0 Å². The number of Topliss-reactive ketones (excluding diaryl/α,β-unsaturated/α-hetero) is 1. The molecule has 1 aliphatic rings. The zero-order valence-electron chi connectivity index (χ0n) is 16.4. The Morgan fingerprint density at radius 3 is 2.50 bits per heavy atom. The van der Waals surface area contributed by atoms with E-state index in [2.05, 4.69) is 71.7 Å². The van der Waals surface area contributed by atoms with Gasteiger partial charge in [-0.1, -0.05) is 42.5 Å². The first-order valence-corrected chi connectivity index (χ1v) is 9.71. The van der Waals surface area contributed by atoms with Gasteiger partial charge < -0.3 is 10.2 Å². The molecule has 1 N–H and O–H groups in total. The van der Waals surface area contributed by atoms with Crippen LogP contribution in [0.1, 0.15) is 42.2 Å². The monoisotopic (exact) mass is 394 g/mol. The molecule has 0 radical (unpaired) electrons. The minimum absolute atomic E-state index is 0. The van der Waals surface area contributed by atoms with Gasteiger partial charge >= 0.3 is 0 Å². The molecular formula is C24H27ClN2O. The maximum atomic E-state index is 11.5. The highest BCUT2D eigenvalue weighted by Crippen LogP contribution is 2.26. The van der Waals surface area contributed by atoms with Gasteiger partial charge in [0.05, 0.1) is 0 Å². The molecule has 1 aliphatic heterocycles. The number of nitrogens with zero attached hydrogens (tertiary/aromatic N) is 1. The number of anilines is 1. The van der Waals surface area contributed by atoms with Crippen molar-refractivity contribution in [3.05, 3.63) is 77.9 Å². The van der Waals surface area contributed by atoms with E-state index < -0.39 is 0 Å². The second-order valence-electron chi connectivity index (χ2n) is 7.49. The molecule has 3 aromatic carbocycles. The van der Waals surface area contributed by atoms with Gasteiger partial charge in [0.15, 0.2) is 5.78 Å². The van der Waals surface area contributed by atoms with Gasteiger partial charge in [0.25, 0.3) is 0 Å². The number of nitrogens with one attached hydrogen (secondary N) is 1. The van der Waals surface area contributed by atoms with Crippen LogP contribution in [0.2, 0.25) is 0 Å². The van der Waals surface area contributed by atoms with E-state index in [9.17, 15) is 4.79 Å². The molecule has 2 atom stereocenters. The van der Waals surface area contributed by atoms with Crippen LogP contribution >= 0.6 is 12.4 Å². The summed E-state index contributed by atoms with van der Waals surface area (Å²) in [6.07, 6.45) is 1.13. The van der Waals surface area contributed by atoms with Crippen LogP contribution in [0.15, 0.2) is 66.7 Å². The molecule has 3 aromatic rings. The standard InChI is InChI=1S/C24H26N2O.ClH/c1-17(23-9-5-7-20-6-3-4-8-24(20)23)25-21-14-15-26(16-21)22-12-10-19(11-13-22)18(2)27;/h3-13,17,21,25H,14-16H2,1-2H3;1H/t17-,21?;/m1./s1. The third-order valence-electron chi connectivity index (χ3n) is 5.60. The molecule has 4 rings (SSSR count). The van der Waals surface area contributed by atoms with E-state index in [4.69, 9.17) is 0 Å². The summed E-state index contributed by atoms with van der Waals surface area (Å²) in [7, 11) is 0. The van der Waals surface area contributed by atoms with Crippen molar-refractivity contribution in [1.82, 2.24) is 5.32 Å². The number of benzene rings is 3. The fraction of sp³-hybridized carbons (Fsp3) is 0.292. The summed E-state index contributed by atoms with van der Waals surface area (Å²) < 4.78 is 0. The van der Waals surface area contributed by atoms with Crippen LogP contribution in [0.5, 0.6) is 0 Å². The first kappa shape index (κ1) is 20.4. The highest BCUT2D eigenvalue weighted by Gasteiger charge is 2.24. The summed E-state index contributed by atoms with van der Waals surface area (Å²) in [6.45, 7) is 5.90. The molecular weight excluding hydrogens is 368 g/mol. The molecule has 0 bridgehead atoms. The summed E-state index contributed by atoms with van der Waals surface area (Å²) in [6, 6.07) is 23.9. The highest BCUT2D eigenvalue weighted by molar-refractivity contribution is 5.94. The van der Waals surface area contributed by atoms with E-state index in [1.54, 1.807) is 6.92 Å². The summed E-state index contributed by atoms with van der Waals surface area (Å²) >= 11 is 0. The lowest BCUT2D eigenvalue weighted by atomic mass is 9.99.